The third kappa shape index (κ3) is 7.41. The molecule has 2 heterocycles. The van der Waals surface area contributed by atoms with Crippen LogP contribution in [-0.4, -0.2) is 41.0 Å². The van der Waals surface area contributed by atoms with Crippen molar-refractivity contribution in [3.8, 4) is 11.3 Å². The Labute approximate surface area is 208 Å². The van der Waals surface area contributed by atoms with E-state index < -0.39 is 17.8 Å². The largest absolute Gasteiger partial charge is 0.453 e. The zero-order valence-electron chi connectivity index (χ0n) is 20.0. The number of fused-ring (bicyclic) bond motifs is 4. The van der Waals surface area contributed by atoms with Gasteiger partial charge in [-0.3, -0.25) is 15.4 Å². The second-order valence-electron chi connectivity index (χ2n) is 8.83. The van der Waals surface area contributed by atoms with Crippen molar-refractivity contribution in [3.63, 3.8) is 0 Å². The van der Waals surface area contributed by atoms with E-state index in [-0.39, 0.29) is 28.9 Å². The van der Waals surface area contributed by atoms with Gasteiger partial charge in [0.2, 0.25) is 5.91 Å². The predicted octanol–water partition coefficient (Wildman–Crippen LogP) is 5.54. The Morgan fingerprint density at radius 3 is 2.43 bits per heavy atom. The predicted molar refractivity (Wildman–Crippen MR) is 134 cm³/mol. The molecule has 0 spiro atoms. The molecule has 1 aromatic carbocycles. The molecule has 1 aliphatic rings. The average Bonchev–Trinajstić information content (AvgIpc) is 2.76. The first kappa shape index (κ1) is 26.0. The molecule has 11 heteroatoms. The molecule has 186 valence electrons. The highest BCUT2D eigenvalue weighted by molar-refractivity contribution is 6.30. The molecule has 35 heavy (non-hydrogen) atoms. The minimum absolute atomic E-state index is 0.235. The fraction of sp³-hybridized carbons (Fsp3) is 0.375. The Bertz CT molecular complexity index is 1160. The Morgan fingerprint density at radius 2 is 1.74 bits per heavy atom. The Hall–Kier alpha value is -3.66. The highest BCUT2D eigenvalue weighted by atomic mass is 35.5. The number of carbonyl (C=O) groups excluding carboxylic acids is 3. The smallest absolute Gasteiger partial charge is 0.412 e. The van der Waals surface area contributed by atoms with Crippen LogP contribution in [0.5, 0.6) is 0 Å². The van der Waals surface area contributed by atoms with E-state index in [1.165, 1.54) is 13.2 Å². The number of halogens is 1. The number of aryl methyl sites for hydroxylation is 1. The molecule has 0 aliphatic carbocycles. The third-order valence-electron chi connectivity index (χ3n) is 4.84. The van der Waals surface area contributed by atoms with Crippen LogP contribution in [0.15, 0.2) is 30.4 Å². The summed E-state index contributed by atoms with van der Waals surface area (Å²) in [7, 11) is 1.23. The average molecular weight is 502 g/mol. The highest BCUT2D eigenvalue weighted by Gasteiger charge is 2.23. The number of rotatable bonds is 2. The van der Waals surface area contributed by atoms with Gasteiger partial charge in [0.25, 0.3) is 0 Å². The second-order valence-corrected chi connectivity index (χ2v) is 9.19. The van der Waals surface area contributed by atoms with Crippen molar-refractivity contribution in [1.82, 2.24) is 10.2 Å². The summed E-state index contributed by atoms with van der Waals surface area (Å²) in [4.78, 5) is 37.3. The number of anilines is 3. The van der Waals surface area contributed by atoms with Gasteiger partial charge in [0, 0.05) is 17.7 Å². The molecule has 0 fully saturated rings. The fourth-order valence-electron chi connectivity index (χ4n) is 3.38. The van der Waals surface area contributed by atoms with Gasteiger partial charge in [0.05, 0.1) is 24.2 Å². The first-order chi connectivity index (χ1) is 16.6. The van der Waals surface area contributed by atoms with E-state index in [1.807, 2.05) is 12.2 Å². The van der Waals surface area contributed by atoms with Crippen LogP contribution in [0.1, 0.15) is 45.6 Å². The number of methoxy groups -OCH3 is 1. The lowest BCUT2D eigenvalue weighted by atomic mass is 10.0. The lowest BCUT2D eigenvalue weighted by molar-refractivity contribution is -0.116. The lowest BCUT2D eigenvalue weighted by Crippen LogP contribution is -2.27. The summed E-state index contributed by atoms with van der Waals surface area (Å²) in [6.45, 7) is 5.21. The van der Waals surface area contributed by atoms with Crippen LogP contribution in [0.3, 0.4) is 0 Å². The van der Waals surface area contributed by atoms with Crippen molar-refractivity contribution in [2.75, 3.05) is 23.1 Å². The summed E-state index contributed by atoms with van der Waals surface area (Å²) >= 11 is 6.28. The van der Waals surface area contributed by atoms with Gasteiger partial charge >= 0.3 is 12.2 Å². The molecule has 3 N–H and O–H groups in total. The van der Waals surface area contributed by atoms with Crippen LogP contribution in [0, 0.1) is 0 Å². The Morgan fingerprint density at radius 1 is 1.03 bits per heavy atom. The van der Waals surface area contributed by atoms with Gasteiger partial charge in [-0.1, -0.05) is 23.8 Å². The SMILES string of the molecule is COC(=O)Nc1cc2c(c(NC(=O)OC(C)(C)C)c1)-c1cc(c(Cl)nn1)CCC=CCCC(=O)N2. The highest BCUT2D eigenvalue weighted by Crippen LogP contribution is 2.39. The number of nitrogens with zero attached hydrogens (tertiary/aromatic N) is 2. The zero-order valence-corrected chi connectivity index (χ0v) is 20.8. The van der Waals surface area contributed by atoms with Gasteiger partial charge < -0.3 is 14.8 Å². The maximum Gasteiger partial charge on any atom is 0.412 e. The maximum atomic E-state index is 12.7. The lowest BCUT2D eigenvalue weighted by Gasteiger charge is -2.22. The van der Waals surface area contributed by atoms with E-state index in [0.717, 1.165) is 5.56 Å². The van der Waals surface area contributed by atoms with E-state index in [1.54, 1.807) is 32.9 Å². The van der Waals surface area contributed by atoms with E-state index >= 15 is 0 Å². The number of carbonyl (C=O) groups is 3. The molecule has 1 aliphatic heterocycles. The van der Waals surface area contributed by atoms with Crippen molar-refractivity contribution in [1.29, 1.82) is 0 Å². The second kappa shape index (κ2) is 11.2. The minimum Gasteiger partial charge on any atom is -0.453 e. The van der Waals surface area contributed by atoms with Gasteiger partial charge in [-0.05, 0) is 63.8 Å². The van der Waals surface area contributed by atoms with Crippen LogP contribution in [-0.2, 0) is 20.7 Å². The van der Waals surface area contributed by atoms with Gasteiger partial charge in [-0.15, -0.1) is 10.2 Å². The van der Waals surface area contributed by atoms with Crippen molar-refractivity contribution in [3.05, 3.63) is 41.1 Å². The van der Waals surface area contributed by atoms with E-state index in [9.17, 15) is 14.4 Å². The molecular formula is C24H28ClN5O5. The molecule has 0 saturated carbocycles. The van der Waals surface area contributed by atoms with Crippen molar-refractivity contribution >= 4 is 46.8 Å². The third-order valence-corrected chi connectivity index (χ3v) is 5.16. The molecule has 0 atom stereocenters. The summed E-state index contributed by atoms with van der Waals surface area (Å²) in [5.41, 5.74) is 1.58. The van der Waals surface area contributed by atoms with Gasteiger partial charge in [-0.25, -0.2) is 9.59 Å². The number of benzene rings is 1. The van der Waals surface area contributed by atoms with Crippen molar-refractivity contribution < 1.29 is 23.9 Å². The Kier molecular flexibility index (Phi) is 8.29. The fourth-order valence-corrected chi connectivity index (χ4v) is 3.57. The van der Waals surface area contributed by atoms with Crippen molar-refractivity contribution in [2.24, 2.45) is 0 Å². The normalized spacial score (nSPS) is 13.8. The molecule has 0 saturated heterocycles. The first-order valence-electron chi connectivity index (χ1n) is 11.1. The summed E-state index contributed by atoms with van der Waals surface area (Å²) in [5, 5.41) is 16.7. The molecule has 3 rings (SSSR count). The number of allylic oxidation sites excluding steroid dienone is 2. The summed E-state index contributed by atoms with van der Waals surface area (Å²) in [6.07, 6.45) is 4.60. The standard InChI is InChI=1S/C24H28ClN5O5/c1-24(2,3)35-23(33)28-17-13-15(26-22(32)34-4)12-16-20(17)18-11-14(21(25)30-29-18)9-7-5-6-8-10-19(31)27-16/h5-6,11-13H,7-10H2,1-4H3,(H,26,32)(H,27,31)(H,28,33). The molecular weight excluding hydrogens is 474 g/mol. The molecule has 3 amide bonds. The number of amides is 3. The van der Waals surface area contributed by atoms with E-state index in [2.05, 4.69) is 30.9 Å². The topological polar surface area (TPSA) is 132 Å². The van der Waals surface area contributed by atoms with Crippen LogP contribution in [0.25, 0.3) is 11.3 Å². The van der Waals surface area contributed by atoms with Gasteiger partial charge in [-0.2, -0.15) is 0 Å². The molecule has 2 bridgehead atoms. The monoisotopic (exact) mass is 501 g/mol. The number of aromatic nitrogens is 2. The molecule has 0 unspecified atom stereocenters. The molecule has 1 aromatic heterocycles. The number of hydrogen-bond donors (Lipinski definition) is 3. The van der Waals surface area contributed by atoms with Crippen LogP contribution < -0.4 is 16.0 Å². The van der Waals surface area contributed by atoms with Crippen LogP contribution in [0.4, 0.5) is 26.7 Å². The summed E-state index contributed by atoms with van der Waals surface area (Å²) in [6, 6.07) is 4.83. The van der Waals surface area contributed by atoms with Crippen LogP contribution >= 0.6 is 11.6 Å². The van der Waals surface area contributed by atoms with Gasteiger partial charge in [0.15, 0.2) is 5.15 Å². The van der Waals surface area contributed by atoms with E-state index in [4.69, 9.17) is 16.3 Å². The summed E-state index contributed by atoms with van der Waals surface area (Å²) < 4.78 is 10.1. The molecule has 2 aromatic rings. The molecule has 0 radical (unpaired) electrons. The maximum absolute atomic E-state index is 12.7. The van der Waals surface area contributed by atoms with E-state index in [0.29, 0.717) is 36.2 Å². The zero-order chi connectivity index (χ0) is 25.6. The minimum atomic E-state index is -0.751. The number of hydrogen-bond acceptors (Lipinski definition) is 7. The quantitative estimate of drug-likeness (QED) is 0.460. The number of nitrogens with one attached hydrogen (secondary N) is 3. The number of ether oxygens (including phenoxy) is 2. The van der Waals surface area contributed by atoms with Crippen LogP contribution in [0.2, 0.25) is 5.15 Å². The van der Waals surface area contributed by atoms with Crippen molar-refractivity contribution in [2.45, 2.75) is 52.1 Å². The van der Waals surface area contributed by atoms with Gasteiger partial charge in [0.1, 0.15) is 5.60 Å². The Balaban J connectivity index is 2.20. The molecule has 10 nitrogen and oxygen atoms in total. The first-order valence-corrected chi connectivity index (χ1v) is 11.4. The summed E-state index contributed by atoms with van der Waals surface area (Å²) in [5.74, 6) is -0.254.